The zero-order chi connectivity index (χ0) is 17.6. The van der Waals surface area contributed by atoms with Crippen LogP contribution >= 0.6 is 0 Å². The molecule has 0 radical (unpaired) electrons. The van der Waals surface area contributed by atoms with Crippen molar-refractivity contribution in [1.29, 1.82) is 0 Å². The number of hydrogen-bond donors (Lipinski definition) is 2. The minimum atomic E-state index is -1.91. The molecule has 0 fully saturated rings. The summed E-state index contributed by atoms with van der Waals surface area (Å²) in [5.74, 6) is 0. The average Bonchev–Trinajstić information content (AvgIpc) is 2.10. The van der Waals surface area contributed by atoms with E-state index < -0.39 is 15.1 Å². The number of aliphatic hydroxyl groups excluding tert-OH is 2. The second-order valence-electron chi connectivity index (χ2n) is 6.03. The van der Waals surface area contributed by atoms with Crippen LogP contribution in [0.2, 0.25) is 0 Å². The standard InChI is InChI=1S/2C3H8O.3C3H7O.Al.Ni/c5*1-3(2)4;;/h2*3-4H,1-2H3;3*3H,1-2H3;;/q;;3*-1;+3;. The third-order valence-electron chi connectivity index (χ3n) is 1.15. The van der Waals surface area contributed by atoms with Crippen molar-refractivity contribution < 1.29 is 38.1 Å². The predicted molar refractivity (Wildman–Crippen MR) is 89.1 cm³/mol. The maximum Gasteiger partial charge on any atom is 0.906 e. The fourth-order valence-corrected chi connectivity index (χ4v) is 2.29. The molecule has 22 heavy (non-hydrogen) atoms. The van der Waals surface area contributed by atoms with Crippen molar-refractivity contribution in [3.05, 3.63) is 0 Å². The summed E-state index contributed by atoms with van der Waals surface area (Å²) < 4.78 is 16.7. The van der Waals surface area contributed by atoms with Gasteiger partial charge in [0.25, 0.3) is 0 Å². The van der Waals surface area contributed by atoms with Gasteiger partial charge in [-0.1, -0.05) is 0 Å². The van der Waals surface area contributed by atoms with Crippen LogP contribution in [0.3, 0.4) is 0 Å². The van der Waals surface area contributed by atoms with Crippen molar-refractivity contribution in [1.82, 2.24) is 0 Å². The Labute approximate surface area is 153 Å². The summed E-state index contributed by atoms with van der Waals surface area (Å²) in [6.45, 7) is 18.8. The Morgan fingerprint density at radius 3 is 0.773 bits per heavy atom. The molecule has 0 saturated carbocycles. The first-order chi connectivity index (χ1) is 9.38. The van der Waals surface area contributed by atoms with Gasteiger partial charge in [0.15, 0.2) is 0 Å². The van der Waals surface area contributed by atoms with Crippen molar-refractivity contribution in [3.8, 4) is 0 Å². The fourth-order valence-electron chi connectivity index (χ4n) is 0.763. The number of rotatable bonds is 6. The van der Waals surface area contributed by atoms with Gasteiger partial charge in [-0.25, -0.2) is 0 Å². The molecule has 0 aliphatic carbocycles. The quantitative estimate of drug-likeness (QED) is 0.691. The van der Waals surface area contributed by atoms with Crippen LogP contribution in [-0.4, -0.2) is 55.9 Å². The van der Waals surface area contributed by atoms with Crippen LogP contribution in [0, 0.1) is 0 Å². The molecule has 0 aliphatic rings. The molecule has 0 aromatic heterocycles. The summed E-state index contributed by atoms with van der Waals surface area (Å²) in [5, 5.41) is 16.1. The van der Waals surface area contributed by atoms with Gasteiger partial charge < -0.3 is 21.6 Å². The Morgan fingerprint density at radius 1 is 0.545 bits per heavy atom. The van der Waals surface area contributed by atoms with Crippen LogP contribution in [0.25, 0.3) is 0 Å². The zero-order valence-corrected chi connectivity index (χ0v) is 18.0. The molecule has 0 rings (SSSR count). The molecule has 0 atom stereocenters. The van der Waals surface area contributed by atoms with Crippen LogP contribution in [0.15, 0.2) is 0 Å². The van der Waals surface area contributed by atoms with Crippen LogP contribution in [0.4, 0.5) is 0 Å². The van der Waals surface area contributed by atoms with E-state index >= 15 is 0 Å². The summed E-state index contributed by atoms with van der Waals surface area (Å²) in [5.41, 5.74) is 0. The first-order valence-electron chi connectivity index (χ1n) is 7.70. The third kappa shape index (κ3) is 49.8. The van der Waals surface area contributed by atoms with Crippen LogP contribution in [-0.2, 0) is 27.9 Å². The third-order valence-corrected chi connectivity index (χ3v) is 3.45. The molecule has 0 spiro atoms. The van der Waals surface area contributed by atoms with Gasteiger partial charge in [-0.05, 0) is 69.2 Å². The van der Waals surface area contributed by atoms with Gasteiger partial charge in [0.05, 0.1) is 0 Å². The molecule has 7 heteroatoms. The molecule has 0 amide bonds. The summed E-state index contributed by atoms with van der Waals surface area (Å²) in [6, 6.07) is 0. The molecule has 0 saturated heterocycles. The molecule has 0 unspecified atom stereocenters. The van der Waals surface area contributed by atoms with Crippen molar-refractivity contribution in [3.63, 3.8) is 0 Å². The Kier molecular flexibility index (Phi) is 27.7. The van der Waals surface area contributed by atoms with Crippen molar-refractivity contribution in [2.45, 2.75) is 99.8 Å². The van der Waals surface area contributed by atoms with Gasteiger partial charge in [0.2, 0.25) is 0 Å². The molecule has 2 N–H and O–H groups in total. The van der Waals surface area contributed by atoms with Gasteiger partial charge in [-0.15, -0.1) is 0 Å². The fraction of sp³-hybridized carbons (Fsp3) is 1.00. The van der Waals surface area contributed by atoms with E-state index in [9.17, 15) is 0 Å². The Morgan fingerprint density at radius 2 is 0.682 bits per heavy atom. The van der Waals surface area contributed by atoms with E-state index in [1.54, 1.807) is 27.7 Å². The predicted octanol–water partition coefficient (Wildman–Crippen LogP) is 3.02. The minimum Gasteiger partial charge on any atom is -0.452 e. The van der Waals surface area contributed by atoms with Crippen LogP contribution in [0.1, 0.15) is 69.2 Å². The van der Waals surface area contributed by atoms with Gasteiger partial charge >= 0.3 is 15.1 Å². The van der Waals surface area contributed by atoms with Crippen molar-refractivity contribution >= 4 is 15.1 Å². The Bertz CT molecular complexity index is 167. The van der Waals surface area contributed by atoms with E-state index in [4.69, 9.17) is 21.6 Å². The average molecular weight is 383 g/mol. The Hall–Kier alpha value is 0.826. The first kappa shape index (κ1) is 30.7. The molecule has 0 aliphatic heterocycles. The van der Waals surface area contributed by atoms with Gasteiger partial charge in [-0.2, -0.15) is 0 Å². The van der Waals surface area contributed by atoms with Crippen LogP contribution < -0.4 is 0 Å². The summed E-state index contributed by atoms with van der Waals surface area (Å²) in [7, 11) is 0. The Balaban J connectivity index is -0.000000150. The smallest absolute Gasteiger partial charge is 0.452 e. The largest absolute Gasteiger partial charge is 0.906 e. The van der Waals surface area contributed by atoms with Crippen molar-refractivity contribution in [2.24, 2.45) is 0 Å². The van der Waals surface area contributed by atoms with E-state index in [0.29, 0.717) is 0 Å². The molecule has 0 aromatic carbocycles. The molecule has 0 bridgehead atoms. The van der Waals surface area contributed by atoms with E-state index in [0.717, 1.165) is 0 Å². The number of aliphatic hydroxyl groups is 2. The van der Waals surface area contributed by atoms with E-state index in [2.05, 4.69) is 0 Å². The maximum atomic E-state index is 8.06. The first-order valence-corrected chi connectivity index (χ1v) is 9.12. The summed E-state index contributed by atoms with van der Waals surface area (Å²) in [4.78, 5) is 0. The molecule has 0 heterocycles. The molecule has 5 nitrogen and oxygen atoms in total. The summed E-state index contributed by atoms with van der Waals surface area (Å²) >= 11 is -1.91. The van der Waals surface area contributed by atoms with E-state index in [-0.39, 0.29) is 47.0 Å². The van der Waals surface area contributed by atoms with E-state index in [1.165, 1.54) is 0 Å². The molecular weight excluding hydrogens is 346 g/mol. The number of hydrogen-bond acceptors (Lipinski definition) is 5. The monoisotopic (exact) mass is 382 g/mol. The topological polar surface area (TPSA) is 68.2 Å². The van der Waals surface area contributed by atoms with Gasteiger partial charge in [-0.3, -0.25) is 0 Å². The maximum absolute atomic E-state index is 8.06. The molecular formula is C15H37AlNiO5. The molecule has 140 valence electrons. The second-order valence-corrected chi connectivity index (χ2v) is 7.42. The SMILES string of the molecule is CC(C)O.CC(C)O.CC(C)[O][Al]([O]C(C)C)[O]C(C)C.[Ni]. The van der Waals surface area contributed by atoms with E-state index in [1.807, 2.05) is 41.5 Å². The zero-order valence-electron chi connectivity index (χ0n) is 15.9. The van der Waals surface area contributed by atoms with Gasteiger partial charge in [0, 0.05) is 47.0 Å². The van der Waals surface area contributed by atoms with Crippen molar-refractivity contribution in [2.75, 3.05) is 0 Å². The van der Waals surface area contributed by atoms with Gasteiger partial charge in [0.1, 0.15) is 0 Å². The normalized spacial score (nSPS) is 10.2. The minimum absolute atomic E-state index is 0. The second kappa shape index (κ2) is 19.9. The van der Waals surface area contributed by atoms with Crippen LogP contribution in [0.5, 0.6) is 0 Å². The molecule has 0 aromatic rings. The summed E-state index contributed by atoms with van der Waals surface area (Å²) in [6.07, 6.45) is 0.192.